The summed E-state index contributed by atoms with van der Waals surface area (Å²) in [5.74, 6) is -0.937. The van der Waals surface area contributed by atoms with Crippen molar-refractivity contribution in [3.8, 4) is 0 Å². The van der Waals surface area contributed by atoms with E-state index in [4.69, 9.17) is 0 Å². The first-order valence-corrected chi connectivity index (χ1v) is 5.47. The van der Waals surface area contributed by atoms with E-state index in [0.29, 0.717) is 11.1 Å². The molecule has 0 radical (unpaired) electrons. The van der Waals surface area contributed by atoms with Crippen molar-refractivity contribution in [2.24, 2.45) is 0 Å². The topological polar surface area (TPSA) is 72.5 Å². The third-order valence-corrected chi connectivity index (χ3v) is 2.32. The molecular formula is C13H15NO4. The molecule has 0 bridgehead atoms. The van der Waals surface area contributed by atoms with E-state index in [1.54, 1.807) is 24.3 Å². The highest BCUT2D eigenvalue weighted by Crippen LogP contribution is 2.09. The predicted molar refractivity (Wildman–Crippen MR) is 65.2 cm³/mol. The Balaban J connectivity index is 2.78. The minimum atomic E-state index is -0.521. The molecule has 0 fully saturated rings. The van der Waals surface area contributed by atoms with Gasteiger partial charge in [0.25, 0.3) is 5.91 Å². The monoisotopic (exact) mass is 249 g/mol. The number of carbonyl (C=O) groups excluding carboxylic acids is 3. The van der Waals surface area contributed by atoms with E-state index in [9.17, 15) is 14.4 Å². The first-order chi connectivity index (χ1) is 8.54. The van der Waals surface area contributed by atoms with Crippen molar-refractivity contribution in [2.45, 2.75) is 13.3 Å². The average Bonchev–Trinajstić information content (AvgIpc) is 2.35. The number of benzene rings is 1. The van der Waals surface area contributed by atoms with Crippen molar-refractivity contribution in [2.75, 3.05) is 13.7 Å². The summed E-state index contributed by atoms with van der Waals surface area (Å²) in [5.41, 5.74) is 1.05. The van der Waals surface area contributed by atoms with Gasteiger partial charge in [-0.25, -0.2) is 0 Å². The summed E-state index contributed by atoms with van der Waals surface area (Å²) in [4.78, 5) is 33.9. The molecule has 0 aliphatic heterocycles. The second kappa shape index (κ2) is 6.54. The van der Waals surface area contributed by atoms with Gasteiger partial charge in [0, 0.05) is 12.0 Å². The van der Waals surface area contributed by atoms with Crippen molar-refractivity contribution in [1.82, 2.24) is 5.32 Å². The van der Waals surface area contributed by atoms with Crippen LogP contribution >= 0.6 is 0 Å². The van der Waals surface area contributed by atoms with E-state index in [1.165, 1.54) is 14.0 Å². The van der Waals surface area contributed by atoms with Crippen LogP contribution in [0.5, 0.6) is 0 Å². The molecule has 0 spiro atoms. The maximum atomic E-state index is 11.8. The fraction of sp³-hybridized carbons (Fsp3) is 0.308. The number of ether oxygens (including phenoxy) is 1. The van der Waals surface area contributed by atoms with E-state index in [0.717, 1.165) is 0 Å². The van der Waals surface area contributed by atoms with E-state index < -0.39 is 11.9 Å². The van der Waals surface area contributed by atoms with Crippen molar-refractivity contribution in [3.05, 3.63) is 35.4 Å². The highest BCUT2D eigenvalue weighted by molar-refractivity contribution is 5.98. The molecule has 5 heteroatoms. The molecule has 96 valence electrons. The Labute approximate surface area is 105 Å². The van der Waals surface area contributed by atoms with Crippen molar-refractivity contribution >= 4 is 17.7 Å². The van der Waals surface area contributed by atoms with E-state index in [2.05, 4.69) is 10.1 Å². The Morgan fingerprint density at radius 1 is 1.22 bits per heavy atom. The number of Topliss-reactive ketones (excluding diaryl/α,β-unsaturated/α-hetero) is 1. The van der Waals surface area contributed by atoms with Crippen molar-refractivity contribution < 1.29 is 19.1 Å². The fourth-order valence-corrected chi connectivity index (χ4v) is 1.48. The lowest BCUT2D eigenvalue weighted by molar-refractivity contribution is -0.139. The van der Waals surface area contributed by atoms with Crippen LogP contribution in [0.2, 0.25) is 0 Å². The Morgan fingerprint density at radius 2 is 1.89 bits per heavy atom. The molecule has 1 aromatic rings. The summed E-state index contributed by atoms with van der Waals surface area (Å²) in [6, 6.07) is 6.80. The van der Waals surface area contributed by atoms with Gasteiger partial charge >= 0.3 is 5.97 Å². The van der Waals surface area contributed by atoms with Gasteiger partial charge < -0.3 is 10.1 Å². The Morgan fingerprint density at radius 3 is 2.50 bits per heavy atom. The Bertz CT molecular complexity index is 468. The quantitative estimate of drug-likeness (QED) is 0.780. The molecule has 0 aliphatic carbocycles. The third-order valence-electron chi connectivity index (χ3n) is 2.32. The van der Waals surface area contributed by atoms with Gasteiger partial charge in [0.15, 0.2) is 0 Å². The molecule has 5 nitrogen and oxygen atoms in total. The lowest BCUT2D eigenvalue weighted by Crippen LogP contribution is -2.30. The molecular weight excluding hydrogens is 234 g/mol. The average molecular weight is 249 g/mol. The smallest absolute Gasteiger partial charge is 0.325 e. The van der Waals surface area contributed by atoms with Gasteiger partial charge in [-0.1, -0.05) is 18.2 Å². The van der Waals surface area contributed by atoms with Crippen LogP contribution in [-0.2, 0) is 20.7 Å². The molecule has 1 aromatic carbocycles. The van der Waals surface area contributed by atoms with Gasteiger partial charge in [0.05, 0.1) is 7.11 Å². The maximum Gasteiger partial charge on any atom is 0.325 e. The van der Waals surface area contributed by atoms with Crippen LogP contribution in [0.4, 0.5) is 0 Å². The Hall–Kier alpha value is -2.17. The molecule has 1 rings (SSSR count). The molecule has 0 aliphatic rings. The largest absolute Gasteiger partial charge is 0.468 e. The van der Waals surface area contributed by atoms with Crippen LogP contribution in [0.3, 0.4) is 0 Å². The van der Waals surface area contributed by atoms with Crippen LogP contribution < -0.4 is 5.32 Å². The fourth-order valence-electron chi connectivity index (χ4n) is 1.48. The van der Waals surface area contributed by atoms with Gasteiger partial charge in [0.1, 0.15) is 12.3 Å². The van der Waals surface area contributed by atoms with E-state index >= 15 is 0 Å². The summed E-state index contributed by atoms with van der Waals surface area (Å²) in [5, 5.41) is 2.44. The minimum Gasteiger partial charge on any atom is -0.468 e. The van der Waals surface area contributed by atoms with Crippen LogP contribution in [0.1, 0.15) is 22.8 Å². The number of methoxy groups -OCH3 is 1. The third kappa shape index (κ3) is 4.01. The number of hydrogen-bond acceptors (Lipinski definition) is 4. The first-order valence-electron chi connectivity index (χ1n) is 5.47. The molecule has 0 atom stereocenters. The molecule has 18 heavy (non-hydrogen) atoms. The van der Waals surface area contributed by atoms with Gasteiger partial charge in [0.2, 0.25) is 0 Å². The highest BCUT2D eigenvalue weighted by Gasteiger charge is 2.12. The van der Waals surface area contributed by atoms with Crippen molar-refractivity contribution in [3.63, 3.8) is 0 Å². The number of hydrogen-bond donors (Lipinski definition) is 1. The number of nitrogens with one attached hydrogen (secondary N) is 1. The molecule has 0 aromatic heterocycles. The van der Waals surface area contributed by atoms with Gasteiger partial charge in [-0.15, -0.1) is 0 Å². The first kappa shape index (κ1) is 13.9. The van der Waals surface area contributed by atoms with Crippen LogP contribution in [0.25, 0.3) is 0 Å². The maximum absolute atomic E-state index is 11.8. The standard InChI is InChI=1S/C13H15NO4/c1-9(15)7-10-5-3-4-6-11(10)13(17)14-8-12(16)18-2/h3-6H,7-8H2,1-2H3,(H,14,17). The second-order valence-corrected chi connectivity index (χ2v) is 3.79. The summed E-state index contributed by atoms with van der Waals surface area (Å²) in [6.07, 6.45) is 0.196. The summed E-state index contributed by atoms with van der Waals surface area (Å²) in [7, 11) is 1.25. The van der Waals surface area contributed by atoms with E-state index in [1.807, 2.05) is 0 Å². The highest BCUT2D eigenvalue weighted by atomic mass is 16.5. The lowest BCUT2D eigenvalue weighted by Gasteiger charge is -2.08. The zero-order valence-corrected chi connectivity index (χ0v) is 10.4. The van der Waals surface area contributed by atoms with Crippen molar-refractivity contribution in [1.29, 1.82) is 0 Å². The predicted octanol–water partition coefficient (Wildman–Crippen LogP) is 0.721. The van der Waals surface area contributed by atoms with Gasteiger partial charge in [-0.3, -0.25) is 14.4 Å². The lowest BCUT2D eigenvalue weighted by atomic mass is 10.0. The number of esters is 1. The minimum absolute atomic E-state index is 0.0248. The number of ketones is 1. The van der Waals surface area contributed by atoms with Gasteiger partial charge in [-0.2, -0.15) is 0 Å². The zero-order chi connectivity index (χ0) is 13.5. The SMILES string of the molecule is COC(=O)CNC(=O)c1ccccc1CC(C)=O. The zero-order valence-electron chi connectivity index (χ0n) is 10.4. The number of rotatable bonds is 5. The molecule has 0 heterocycles. The second-order valence-electron chi connectivity index (χ2n) is 3.79. The van der Waals surface area contributed by atoms with Crippen LogP contribution in [0.15, 0.2) is 24.3 Å². The van der Waals surface area contributed by atoms with Crippen LogP contribution in [0, 0.1) is 0 Å². The molecule has 1 N–H and O–H groups in total. The van der Waals surface area contributed by atoms with E-state index in [-0.39, 0.29) is 18.7 Å². The van der Waals surface area contributed by atoms with Gasteiger partial charge in [-0.05, 0) is 18.6 Å². The number of amides is 1. The Kier molecular flexibility index (Phi) is 5.05. The van der Waals surface area contributed by atoms with Crippen LogP contribution in [-0.4, -0.2) is 31.3 Å². The molecule has 0 unspecified atom stereocenters. The summed E-state index contributed by atoms with van der Waals surface area (Å²) < 4.78 is 4.42. The molecule has 0 saturated carbocycles. The normalized spacial score (nSPS) is 9.67. The summed E-state index contributed by atoms with van der Waals surface area (Å²) >= 11 is 0. The summed E-state index contributed by atoms with van der Waals surface area (Å²) in [6.45, 7) is 1.27. The molecule has 1 amide bonds. The number of carbonyl (C=O) groups is 3. The molecule has 0 saturated heterocycles.